The number of nitrogens with one attached hydrogen (secondary N) is 1. The summed E-state index contributed by atoms with van der Waals surface area (Å²) >= 11 is 1.30. The molecule has 1 aromatic carbocycles. The second kappa shape index (κ2) is 8.02. The van der Waals surface area contributed by atoms with Gasteiger partial charge in [0, 0.05) is 30.5 Å². The molecule has 9 heteroatoms. The van der Waals surface area contributed by atoms with Crippen LogP contribution in [0.25, 0.3) is 0 Å². The summed E-state index contributed by atoms with van der Waals surface area (Å²) in [5.41, 5.74) is 0.690. The van der Waals surface area contributed by atoms with Crippen molar-refractivity contribution in [3.05, 3.63) is 24.0 Å². The van der Waals surface area contributed by atoms with E-state index in [0.29, 0.717) is 22.5 Å². The second-order valence-corrected chi connectivity index (χ2v) is 9.31. The van der Waals surface area contributed by atoms with E-state index in [4.69, 9.17) is 15.3 Å². The predicted molar refractivity (Wildman–Crippen MR) is 114 cm³/mol. The molecule has 30 heavy (non-hydrogen) atoms. The summed E-state index contributed by atoms with van der Waals surface area (Å²) in [6.07, 6.45) is 9.94. The molecule has 1 amide bonds. The number of anilines is 1. The fourth-order valence-electron chi connectivity index (χ4n) is 4.64. The Hall–Kier alpha value is -2.42. The number of nitrogens with two attached hydrogens (primary N) is 1. The summed E-state index contributed by atoms with van der Waals surface area (Å²) in [4.78, 5) is 12.5. The molecule has 0 bridgehead atoms. The zero-order valence-corrected chi connectivity index (χ0v) is 17.7. The number of aromatic nitrogens is 3. The lowest BCUT2D eigenvalue weighted by atomic mass is 9.89. The number of hydrogen-bond acceptors (Lipinski definition) is 7. The lowest BCUT2D eigenvalue weighted by Crippen LogP contribution is -2.34. The van der Waals surface area contributed by atoms with Gasteiger partial charge < -0.3 is 20.6 Å². The summed E-state index contributed by atoms with van der Waals surface area (Å²) in [7, 11) is 0. The van der Waals surface area contributed by atoms with E-state index in [2.05, 4.69) is 15.5 Å². The molecule has 1 aliphatic heterocycles. The Morgan fingerprint density at radius 1 is 1.13 bits per heavy atom. The topological polar surface area (TPSA) is 104 Å². The molecule has 2 aliphatic carbocycles. The van der Waals surface area contributed by atoms with E-state index >= 15 is 0 Å². The van der Waals surface area contributed by atoms with Gasteiger partial charge in [-0.25, -0.2) is 4.68 Å². The lowest BCUT2D eigenvalue weighted by molar-refractivity contribution is -0.113. The van der Waals surface area contributed by atoms with Gasteiger partial charge in [-0.05, 0) is 37.8 Å². The van der Waals surface area contributed by atoms with Crippen molar-refractivity contribution in [2.45, 2.75) is 74.6 Å². The van der Waals surface area contributed by atoms with Crippen molar-refractivity contribution in [3.8, 4) is 11.5 Å². The zero-order chi connectivity index (χ0) is 20.6. The molecular weight excluding hydrogens is 402 g/mol. The zero-order valence-electron chi connectivity index (χ0n) is 16.9. The quantitative estimate of drug-likeness (QED) is 0.550. The monoisotopic (exact) mass is 429 g/mol. The van der Waals surface area contributed by atoms with Gasteiger partial charge >= 0.3 is 0 Å². The number of amides is 1. The van der Waals surface area contributed by atoms with Gasteiger partial charge in [-0.15, -0.1) is 10.2 Å². The van der Waals surface area contributed by atoms with Crippen LogP contribution in [0.1, 0.15) is 69.5 Å². The van der Waals surface area contributed by atoms with Crippen LogP contribution in [-0.4, -0.2) is 32.3 Å². The highest BCUT2D eigenvalue weighted by atomic mass is 32.2. The minimum Gasteiger partial charge on any atom is -0.448 e. The first-order chi connectivity index (χ1) is 14.6. The minimum absolute atomic E-state index is 0.128. The molecule has 1 aromatic heterocycles. The number of rotatable bonds is 5. The van der Waals surface area contributed by atoms with Crippen LogP contribution in [0, 0.1) is 0 Å². The third-order valence-corrected chi connectivity index (χ3v) is 7.12. The number of hydrogen-bond donors (Lipinski definition) is 2. The maximum atomic E-state index is 12.5. The molecule has 5 rings (SSSR count). The lowest BCUT2D eigenvalue weighted by Gasteiger charge is -2.21. The molecule has 8 nitrogen and oxygen atoms in total. The Kier molecular flexibility index (Phi) is 5.22. The summed E-state index contributed by atoms with van der Waals surface area (Å²) < 4.78 is 13.6. The largest absolute Gasteiger partial charge is 0.448 e. The molecule has 160 valence electrons. The molecule has 2 saturated carbocycles. The van der Waals surface area contributed by atoms with Crippen molar-refractivity contribution in [1.82, 2.24) is 14.9 Å². The van der Waals surface area contributed by atoms with Crippen LogP contribution in [0.2, 0.25) is 0 Å². The fraction of sp³-hybridized carbons (Fsp3) is 0.571. The third kappa shape index (κ3) is 3.82. The summed E-state index contributed by atoms with van der Waals surface area (Å²) in [6, 6.07) is 5.53. The van der Waals surface area contributed by atoms with Crippen LogP contribution in [0.15, 0.2) is 23.4 Å². The number of thioether (sulfide) groups is 1. The fourth-order valence-corrected chi connectivity index (χ4v) is 5.31. The van der Waals surface area contributed by atoms with E-state index in [9.17, 15) is 4.79 Å². The minimum atomic E-state index is -0.498. The predicted octanol–water partition coefficient (Wildman–Crippen LogP) is 3.81. The van der Waals surface area contributed by atoms with Gasteiger partial charge in [0.1, 0.15) is 0 Å². The molecule has 0 unspecified atom stereocenters. The van der Waals surface area contributed by atoms with Gasteiger partial charge in [-0.1, -0.05) is 31.0 Å². The number of fused-ring (bicyclic) bond motifs is 1. The van der Waals surface area contributed by atoms with Crippen molar-refractivity contribution < 1.29 is 14.3 Å². The van der Waals surface area contributed by atoms with E-state index in [0.717, 1.165) is 50.1 Å². The summed E-state index contributed by atoms with van der Waals surface area (Å²) in [5, 5.41) is 12.0. The van der Waals surface area contributed by atoms with E-state index in [1.807, 2.05) is 18.2 Å². The first kappa shape index (κ1) is 19.5. The van der Waals surface area contributed by atoms with E-state index < -0.39 is 5.79 Å². The van der Waals surface area contributed by atoms with Crippen molar-refractivity contribution in [3.63, 3.8) is 0 Å². The highest BCUT2D eigenvalue weighted by Crippen LogP contribution is 2.47. The van der Waals surface area contributed by atoms with Crippen LogP contribution in [-0.2, 0) is 4.79 Å². The molecule has 0 atom stereocenters. The summed E-state index contributed by atoms with van der Waals surface area (Å²) in [6.45, 7) is 0. The molecule has 0 radical (unpaired) electrons. The van der Waals surface area contributed by atoms with Crippen LogP contribution < -0.4 is 20.6 Å². The van der Waals surface area contributed by atoms with E-state index in [1.54, 1.807) is 4.68 Å². The number of carbonyl (C=O) groups excluding carboxylic acids is 1. The van der Waals surface area contributed by atoms with Gasteiger partial charge in [0.15, 0.2) is 17.3 Å². The Morgan fingerprint density at radius 3 is 2.70 bits per heavy atom. The molecule has 3 N–H and O–H groups in total. The van der Waals surface area contributed by atoms with Crippen molar-refractivity contribution in [2.75, 3.05) is 16.9 Å². The number of nitrogens with zero attached hydrogens (tertiary/aromatic N) is 3. The van der Waals surface area contributed by atoms with E-state index in [1.165, 1.54) is 31.0 Å². The molecule has 2 fully saturated rings. The first-order valence-electron chi connectivity index (χ1n) is 10.8. The highest BCUT2D eigenvalue weighted by molar-refractivity contribution is 7.99. The standard InChI is InChI=1S/C21H27N5O3S/c22-26-19(14-6-2-1-3-7-14)24-25-20(26)30-13-18(27)23-15-8-9-16-17(12-15)29-21(28-16)10-4-5-11-21/h8-9,12,14H,1-7,10-11,13,22H2,(H,23,27). The second-order valence-electron chi connectivity index (χ2n) is 8.37. The molecule has 1 spiro atoms. The number of benzene rings is 1. The van der Waals surface area contributed by atoms with Crippen LogP contribution in [0.3, 0.4) is 0 Å². The Morgan fingerprint density at radius 2 is 1.90 bits per heavy atom. The van der Waals surface area contributed by atoms with Gasteiger partial charge in [-0.2, -0.15) is 0 Å². The third-order valence-electron chi connectivity index (χ3n) is 6.18. The average Bonchev–Trinajstić information content (AvgIpc) is 3.46. The summed E-state index contributed by atoms with van der Waals surface area (Å²) in [5.74, 6) is 8.42. The van der Waals surface area contributed by atoms with Gasteiger partial charge in [-0.3, -0.25) is 4.79 Å². The van der Waals surface area contributed by atoms with E-state index in [-0.39, 0.29) is 11.7 Å². The Bertz CT molecular complexity index is 935. The molecule has 3 aliphatic rings. The van der Waals surface area contributed by atoms with Crippen LogP contribution >= 0.6 is 11.8 Å². The number of carbonyl (C=O) groups is 1. The average molecular weight is 430 g/mol. The Labute approximate surface area is 179 Å². The van der Waals surface area contributed by atoms with Gasteiger partial charge in [0.25, 0.3) is 5.79 Å². The molecule has 2 aromatic rings. The van der Waals surface area contributed by atoms with Crippen molar-refractivity contribution in [2.24, 2.45) is 0 Å². The maximum absolute atomic E-state index is 12.5. The van der Waals surface area contributed by atoms with Crippen molar-refractivity contribution >= 4 is 23.4 Å². The van der Waals surface area contributed by atoms with Gasteiger partial charge in [0.2, 0.25) is 11.1 Å². The van der Waals surface area contributed by atoms with Gasteiger partial charge in [0.05, 0.1) is 5.75 Å². The van der Waals surface area contributed by atoms with Crippen LogP contribution in [0.4, 0.5) is 5.69 Å². The number of ether oxygens (including phenoxy) is 2. The van der Waals surface area contributed by atoms with Crippen molar-refractivity contribution in [1.29, 1.82) is 0 Å². The molecule has 2 heterocycles. The highest BCUT2D eigenvalue weighted by Gasteiger charge is 2.44. The SMILES string of the molecule is Nn1c(SCC(=O)Nc2ccc3c(c2)OC2(CCCC2)O3)nnc1C1CCCCC1. The van der Waals surface area contributed by atoms with Crippen LogP contribution in [0.5, 0.6) is 11.5 Å². The normalized spacial score (nSPS) is 20.0. The first-order valence-corrected chi connectivity index (χ1v) is 11.8. The molecule has 0 saturated heterocycles. The smallest absolute Gasteiger partial charge is 0.251 e. The molecular formula is C21H27N5O3S. The number of nitrogen functional groups attached to an aromatic ring is 1. The maximum Gasteiger partial charge on any atom is 0.251 e. The Balaban J connectivity index is 1.17.